The largest absolute Gasteiger partial charge is 0.396 e. The Morgan fingerprint density at radius 2 is 1.81 bits per heavy atom. The zero-order valence-corrected chi connectivity index (χ0v) is 11.6. The van der Waals surface area contributed by atoms with Crippen LogP contribution in [0, 0.1) is 0 Å². The van der Waals surface area contributed by atoms with Crippen molar-refractivity contribution >= 4 is 21.8 Å². The molecule has 0 fully saturated rings. The van der Waals surface area contributed by atoms with Gasteiger partial charge in [-0.3, -0.25) is 0 Å². The molecule has 0 rings (SSSR count). The number of sulfonamides is 1. The molecule has 0 bridgehead atoms. The van der Waals surface area contributed by atoms with E-state index in [0.717, 1.165) is 12.8 Å². The molecule has 0 saturated heterocycles. The SMILES string of the molecule is CSCCCCCCNS(=O)(=O)CCCO. The summed E-state index contributed by atoms with van der Waals surface area (Å²) in [5.41, 5.74) is 0. The minimum atomic E-state index is -3.16. The lowest BCUT2D eigenvalue weighted by Crippen LogP contribution is -2.27. The Bertz CT molecular complexity index is 242. The average Bonchev–Trinajstić information content (AvgIpc) is 2.25. The lowest BCUT2D eigenvalue weighted by molar-refractivity contribution is 0.295. The van der Waals surface area contributed by atoms with Gasteiger partial charge < -0.3 is 5.11 Å². The quantitative estimate of drug-likeness (QED) is 0.553. The van der Waals surface area contributed by atoms with Crippen LogP contribution in [-0.4, -0.2) is 44.4 Å². The molecular formula is C10H23NO3S2. The standard InChI is InChI=1S/C10H23NO3S2/c1-15-9-5-3-2-4-7-11-16(13,14)10-6-8-12/h11-12H,2-10H2,1H3. The van der Waals surface area contributed by atoms with Crippen LogP contribution in [0.4, 0.5) is 0 Å². The van der Waals surface area contributed by atoms with Crippen LogP contribution in [0.2, 0.25) is 0 Å². The van der Waals surface area contributed by atoms with Gasteiger partial charge in [0, 0.05) is 13.2 Å². The molecule has 0 aliphatic rings. The van der Waals surface area contributed by atoms with E-state index in [1.807, 2.05) is 11.8 Å². The van der Waals surface area contributed by atoms with Crippen molar-refractivity contribution in [2.24, 2.45) is 0 Å². The second-order valence-electron chi connectivity index (χ2n) is 3.70. The first-order valence-corrected chi connectivity index (χ1v) is 8.74. The van der Waals surface area contributed by atoms with E-state index >= 15 is 0 Å². The molecule has 0 spiro atoms. The van der Waals surface area contributed by atoms with Crippen molar-refractivity contribution in [3.63, 3.8) is 0 Å². The lowest BCUT2D eigenvalue weighted by Gasteiger charge is -2.05. The van der Waals surface area contributed by atoms with E-state index in [2.05, 4.69) is 11.0 Å². The van der Waals surface area contributed by atoms with Gasteiger partial charge in [-0.25, -0.2) is 13.1 Å². The van der Waals surface area contributed by atoms with E-state index in [1.165, 1.54) is 18.6 Å². The smallest absolute Gasteiger partial charge is 0.211 e. The summed E-state index contributed by atoms with van der Waals surface area (Å²) < 4.78 is 25.1. The molecule has 0 aliphatic heterocycles. The van der Waals surface area contributed by atoms with Crippen molar-refractivity contribution in [1.82, 2.24) is 4.72 Å². The summed E-state index contributed by atoms with van der Waals surface area (Å²) in [5.74, 6) is 1.21. The van der Waals surface area contributed by atoms with Crippen LogP contribution in [0.25, 0.3) is 0 Å². The van der Waals surface area contributed by atoms with Gasteiger partial charge in [0.25, 0.3) is 0 Å². The van der Waals surface area contributed by atoms with Crippen molar-refractivity contribution in [3.8, 4) is 0 Å². The van der Waals surface area contributed by atoms with Gasteiger partial charge in [0.1, 0.15) is 0 Å². The molecule has 0 heterocycles. The number of hydrogen-bond acceptors (Lipinski definition) is 4. The van der Waals surface area contributed by atoms with Crippen molar-refractivity contribution < 1.29 is 13.5 Å². The van der Waals surface area contributed by atoms with E-state index in [1.54, 1.807) is 0 Å². The molecule has 0 radical (unpaired) electrons. The van der Waals surface area contributed by atoms with Crippen molar-refractivity contribution in [1.29, 1.82) is 0 Å². The predicted molar refractivity (Wildman–Crippen MR) is 70.3 cm³/mol. The second-order valence-corrected chi connectivity index (χ2v) is 6.61. The third-order valence-corrected chi connectivity index (χ3v) is 4.34. The van der Waals surface area contributed by atoms with Crippen molar-refractivity contribution in [2.75, 3.05) is 30.9 Å². The number of unbranched alkanes of at least 4 members (excludes halogenated alkanes) is 3. The molecule has 0 aromatic carbocycles. The van der Waals surface area contributed by atoms with Gasteiger partial charge >= 0.3 is 0 Å². The molecule has 0 amide bonds. The Hall–Kier alpha value is 0.220. The first-order valence-electron chi connectivity index (χ1n) is 5.69. The van der Waals surface area contributed by atoms with Crippen LogP contribution in [-0.2, 0) is 10.0 Å². The van der Waals surface area contributed by atoms with Gasteiger partial charge in [0.15, 0.2) is 0 Å². The number of aliphatic hydroxyl groups is 1. The van der Waals surface area contributed by atoms with Crippen LogP contribution in [0.1, 0.15) is 32.1 Å². The van der Waals surface area contributed by atoms with Gasteiger partial charge in [-0.05, 0) is 31.3 Å². The van der Waals surface area contributed by atoms with Crippen molar-refractivity contribution in [2.45, 2.75) is 32.1 Å². The molecule has 0 saturated carbocycles. The molecule has 4 nitrogen and oxygen atoms in total. The van der Waals surface area contributed by atoms with Crippen LogP contribution in [0.5, 0.6) is 0 Å². The van der Waals surface area contributed by atoms with E-state index in [0.29, 0.717) is 13.0 Å². The summed E-state index contributed by atoms with van der Waals surface area (Å²) >= 11 is 1.84. The maximum Gasteiger partial charge on any atom is 0.211 e. The summed E-state index contributed by atoms with van der Waals surface area (Å²) in [5, 5.41) is 8.53. The Morgan fingerprint density at radius 3 is 2.44 bits per heavy atom. The fourth-order valence-electron chi connectivity index (χ4n) is 1.28. The molecule has 6 heteroatoms. The Kier molecular flexibility index (Phi) is 10.5. The third kappa shape index (κ3) is 10.7. The van der Waals surface area contributed by atoms with Crippen LogP contribution >= 0.6 is 11.8 Å². The number of aliphatic hydroxyl groups excluding tert-OH is 1. The number of thioether (sulfide) groups is 1. The van der Waals surface area contributed by atoms with Gasteiger partial charge in [-0.2, -0.15) is 11.8 Å². The highest BCUT2D eigenvalue weighted by Gasteiger charge is 2.07. The molecular weight excluding hydrogens is 246 g/mol. The topological polar surface area (TPSA) is 66.4 Å². The van der Waals surface area contributed by atoms with Gasteiger partial charge in [-0.1, -0.05) is 12.8 Å². The van der Waals surface area contributed by atoms with E-state index in [4.69, 9.17) is 5.11 Å². The number of nitrogens with one attached hydrogen (secondary N) is 1. The maximum absolute atomic E-state index is 11.3. The summed E-state index contributed by atoms with van der Waals surface area (Å²) in [6.07, 6.45) is 6.74. The maximum atomic E-state index is 11.3. The Labute approximate surface area is 103 Å². The number of hydrogen-bond donors (Lipinski definition) is 2. The highest BCUT2D eigenvalue weighted by atomic mass is 32.2. The van der Waals surface area contributed by atoms with E-state index < -0.39 is 10.0 Å². The van der Waals surface area contributed by atoms with Gasteiger partial charge in [0.05, 0.1) is 5.75 Å². The fraction of sp³-hybridized carbons (Fsp3) is 1.00. The summed E-state index contributed by atoms with van der Waals surface area (Å²) in [7, 11) is -3.16. The monoisotopic (exact) mass is 269 g/mol. The highest BCUT2D eigenvalue weighted by molar-refractivity contribution is 7.98. The lowest BCUT2D eigenvalue weighted by atomic mass is 10.2. The Morgan fingerprint density at radius 1 is 1.12 bits per heavy atom. The zero-order valence-electron chi connectivity index (χ0n) is 9.94. The first-order chi connectivity index (χ1) is 7.62. The van der Waals surface area contributed by atoms with Crippen molar-refractivity contribution in [3.05, 3.63) is 0 Å². The molecule has 16 heavy (non-hydrogen) atoms. The molecule has 0 aromatic heterocycles. The number of rotatable bonds is 11. The minimum Gasteiger partial charge on any atom is -0.396 e. The zero-order chi connectivity index (χ0) is 12.3. The van der Waals surface area contributed by atoms with Crippen LogP contribution in [0.15, 0.2) is 0 Å². The van der Waals surface area contributed by atoms with E-state index in [-0.39, 0.29) is 12.4 Å². The molecule has 0 aliphatic carbocycles. The Balaban J connectivity index is 3.36. The summed E-state index contributed by atoms with van der Waals surface area (Å²) in [6, 6.07) is 0. The summed E-state index contributed by atoms with van der Waals surface area (Å²) in [4.78, 5) is 0. The molecule has 2 N–H and O–H groups in total. The molecule has 98 valence electrons. The second kappa shape index (κ2) is 10.4. The van der Waals surface area contributed by atoms with Gasteiger partial charge in [0.2, 0.25) is 10.0 Å². The summed E-state index contributed by atoms with van der Waals surface area (Å²) in [6.45, 7) is 0.447. The molecule has 0 unspecified atom stereocenters. The van der Waals surface area contributed by atoms with Crippen LogP contribution in [0.3, 0.4) is 0 Å². The predicted octanol–water partition coefficient (Wildman–Crippen LogP) is 1.21. The molecule has 0 atom stereocenters. The third-order valence-electron chi connectivity index (χ3n) is 2.17. The fourth-order valence-corrected chi connectivity index (χ4v) is 2.88. The normalized spacial score (nSPS) is 11.9. The average molecular weight is 269 g/mol. The minimum absolute atomic E-state index is 0.0238. The molecule has 0 aromatic rings. The van der Waals surface area contributed by atoms with Crippen LogP contribution < -0.4 is 4.72 Å². The first kappa shape index (κ1) is 16.2. The van der Waals surface area contributed by atoms with E-state index in [9.17, 15) is 8.42 Å². The van der Waals surface area contributed by atoms with Gasteiger partial charge in [-0.15, -0.1) is 0 Å². The highest BCUT2D eigenvalue weighted by Crippen LogP contribution is 2.04.